The van der Waals surface area contributed by atoms with Crippen LogP contribution in [0.15, 0.2) is 75.0 Å². The maximum atomic E-state index is 13.0. The first-order chi connectivity index (χ1) is 29.4. The van der Waals surface area contributed by atoms with E-state index in [9.17, 15) is 29.4 Å². The first kappa shape index (κ1) is 43.3. The molecule has 8 fully saturated rings. The third-order valence-electron chi connectivity index (χ3n) is 14.9. The van der Waals surface area contributed by atoms with Crippen molar-refractivity contribution >= 4 is 44.7 Å². The Bertz CT molecular complexity index is 2260. The number of carbonyl (C=O) groups is 2. The van der Waals surface area contributed by atoms with Crippen LogP contribution in [-0.2, 0) is 9.59 Å². The summed E-state index contributed by atoms with van der Waals surface area (Å²) in [7, 11) is 0. The van der Waals surface area contributed by atoms with Crippen molar-refractivity contribution in [2.75, 3.05) is 37.1 Å². The maximum absolute atomic E-state index is 13.0. The van der Waals surface area contributed by atoms with E-state index in [1.165, 1.54) is 87.9 Å². The summed E-state index contributed by atoms with van der Waals surface area (Å²) in [6, 6.07) is 13.1. The highest BCUT2D eigenvalue weighted by Crippen LogP contribution is 2.62. The third-order valence-corrected chi connectivity index (χ3v) is 14.9. The maximum Gasteiger partial charge on any atom is 0.343 e. The average Bonchev–Trinajstić information content (AvgIpc) is 3.21. The first-order valence-corrected chi connectivity index (χ1v) is 22.3. The number of nitrogens with one attached hydrogen (secondary N) is 2. The number of rotatable bonds is 11. The minimum Gasteiger partial charge on any atom is -0.431 e. The molecule has 8 saturated carbocycles. The first-order valence-electron chi connectivity index (χ1n) is 22.3. The van der Waals surface area contributed by atoms with E-state index in [1.54, 1.807) is 42.6 Å². The van der Waals surface area contributed by atoms with Gasteiger partial charge in [-0.3, -0.25) is 14.4 Å². The molecule has 2 heterocycles. The number of aliphatic hydroxyl groups is 4. The second-order valence-electron chi connectivity index (χ2n) is 19.7. The van der Waals surface area contributed by atoms with E-state index in [0.717, 1.165) is 40.9 Å². The van der Waals surface area contributed by atoms with E-state index >= 15 is 0 Å². The molecule has 0 unspecified atom stereocenters. The number of nitrogens with two attached hydrogens (primary N) is 1. The topological polar surface area (TPSA) is 217 Å². The average molecular weight is 839 g/mol. The molecule has 12 rings (SSSR count). The zero-order valence-electron chi connectivity index (χ0n) is 35.0. The molecule has 8 aliphatic rings. The molecule has 2 amide bonds. The van der Waals surface area contributed by atoms with E-state index in [4.69, 9.17) is 20.4 Å². The van der Waals surface area contributed by atoms with Crippen molar-refractivity contribution in [2.45, 2.75) is 102 Å². The molecule has 2 aromatic carbocycles. The van der Waals surface area contributed by atoms with E-state index in [1.807, 2.05) is 12.1 Å². The summed E-state index contributed by atoms with van der Waals surface area (Å²) in [6.45, 7) is -0.917. The fraction of sp³-hybridized carbons (Fsp3) is 0.583. The van der Waals surface area contributed by atoms with Gasteiger partial charge in [0.15, 0.2) is 0 Å². The summed E-state index contributed by atoms with van der Waals surface area (Å²) in [6.07, 6.45) is 19.7. The molecule has 0 aliphatic heterocycles. The number of aromatic nitrogens is 1. The summed E-state index contributed by atoms with van der Waals surface area (Å²) < 4.78 is 6.27. The number of carbonyl (C=O) groups excluding carboxylic acids is 2. The van der Waals surface area contributed by atoms with Crippen molar-refractivity contribution < 1.29 is 34.4 Å². The fourth-order valence-corrected chi connectivity index (χ4v) is 13.3. The summed E-state index contributed by atoms with van der Waals surface area (Å²) in [4.78, 5) is 50.5. The van der Waals surface area contributed by atoms with Crippen LogP contribution in [0.3, 0.4) is 0 Å². The van der Waals surface area contributed by atoms with Crippen LogP contribution in [0.1, 0.15) is 95.9 Å². The van der Waals surface area contributed by atoms with Gasteiger partial charge >= 0.3 is 5.63 Å². The van der Waals surface area contributed by atoms with Gasteiger partial charge in [-0.15, -0.1) is 0 Å². The van der Waals surface area contributed by atoms with Gasteiger partial charge in [-0.1, -0.05) is 12.1 Å². The highest BCUT2D eigenvalue weighted by atomic mass is 16.4. The molecule has 328 valence electrons. The lowest BCUT2D eigenvalue weighted by Crippen LogP contribution is -2.47. The zero-order valence-corrected chi connectivity index (χ0v) is 35.0. The molecule has 8 bridgehead atoms. The molecule has 13 nitrogen and oxygen atoms in total. The molecule has 61 heavy (non-hydrogen) atoms. The lowest BCUT2D eigenvalue weighted by Gasteiger charge is -2.56. The van der Waals surface area contributed by atoms with Crippen LogP contribution in [0.25, 0.3) is 21.5 Å². The molecular formula is C48H62N4O9. The Kier molecular flexibility index (Phi) is 12.9. The molecule has 8 aliphatic carbocycles. The number of pyridine rings is 1. The van der Waals surface area contributed by atoms with Gasteiger partial charge in [-0.05, 0) is 160 Å². The van der Waals surface area contributed by atoms with Crippen molar-refractivity contribution in [3.63, 3.8) is 0 Å². The highest BCUT2D eigenvalue weighted by molar-refractivity contribution is 6.03. The van der Waals surface area contributed by atoms with E-state index in [-0.39, 0.29) is 60.3 Å². The summed E-state index contributed by atoms with van der Waals surface area (Å²) in [5.74, 6) is 5.10. The minimum absolute atomic E-state index is 0.0391. The molecule has 8 N–H and O–H groups in total. The van der Waals surface area contributed by atoms with Gasteiger partial charge in [0, 0.05) is 46.6 Å². The zero-order chi connectivity index (χ0) is 42.9. The van der Waals surface area contributed by atoms with Crippen molar-refractivity contribution in [3.05, 3.63) is 81.8 Å². The quantitative estimate of drug-likeness (QED) is 0.0977. The SMILES string of the molecule is NC(CO)CO.O=C(CC12CC3CC(CC(C3)C1)C2)Nc1cccc2c(=O)n(C(CO)CO)ccc12.O=C(CC12CC3CC(CC(C3)C1)C2)Nc1cccc2c(=O)occc12. The van der Waals surface area contributed by atoms with Crippen molar-refractivity contribution in [2.24, 2.45) is 52.1 Å². The summed E-state index contributed by atoms with van der Waals surface area (Å²) >= 11 is 0. The van der Waals surface area contributed by atoms with Gasteiger partial charge in [0.25, 0.3) is 5.56 Å². The molecule has 4 aromatic rings. The number of amides is 2. The highest BCUT2D eigenvalue weighted by Gasteiger charge is 2.52. The Morgan fingerprint density at radius 2 is 1.05 bits per heavy atom. The lowest BCUT2D eigenvalue weighted by atomic mass is 9.49. The normalized spacial score (nSPS) is 29.0. The second kappa shape index (κ2) is 18.1. The van der Waals surface area contributed by atoms with Gasteiger partial charge < -0.3 is 45.8 Å². The van der Waals surface area contributed by atoms with Gasteiger partial charge in [-0.25, -0.2) is 4.79 Å². The van der Waals surface area contributed by atoms with Gasteiger partial charge in [0.1, 0.15) is 0 Å². The van der Waals surface area contributed by atoms with E-state index in [0.29, 0.717) is 40.4 Å². The summed E-state index contributed by atoms with van der Waals surface area (Å²) in [5, 5.41) is 43.5. The van der Waals surface area contributed by atoms with Crippen LogP contribution in [0.4, 0.5) is 11.4 Å². The predicted molar refractivity (Wildman–Crippen MR) is 234 cm³/mol. The monoisotopic (exact) mass is 838 g/mol. The van der Waals surface area contributed by atoms with Crippen LogP contribution in [0.5, 0.6) is 0 Å². The Morgan fingerprint density at radius 3 is 1.46 bits per heavy atom. The molecule has 0 atom stereocenters. The number of fused-ring (bicyclic) bond motifs is 2. The number of hydrogen-bond donors (Lipinski definition) is 7. The van der Waals surface area contributed by atoms with E-state index in [2.05, 4.69) is 10.6 Å². The van der Waals surface area contributed by atoms with Crippen molar-refractivity contribution in [1.29, 1.82) is 0 Å². The molecular weight excluding hydrogens is 777 g/mol. The Labute approximate surface area is 355 Å². The minimum atomic E-state index is -0.670. The van der Waals surface area contributed by atoms with Crippen LogP contribution in [-0.4, -0.2) is 69.3 Å². The fourth-order valence-electron chi connectivity index (χ4n) is 13.3. The van der Waals surface area contributed by atoms with Crippen LogP contribution >= 0.6 is 0 Å². The number of nitrogens with zero attached hydrogens (tertiary/aromatic N) is 1. The predicted octanol–water partition coefficient (Wildman–Crippen LogP) is 5.71. The Balaban J connectivity index is 0.000000151. The second-order valence-corrected chi connectivity index (χ2v) is 19.7. The lowest BCUT2D eigenvalue weighted by molar-refractivity contribution is -0.125. The number of benzene rings is 2. The van der Waals surface area contributed by atoms with Crippen molar-refractivity contribution in [1.82, 2.24) is 4.57 Å². The van der Waals surface area contributed by atoms with E-state index < -0.39 is 12.1 Å². The number of anilines is 2. The Morgan fingerprint density at radius 1 is 0.623 bits per heavy atom. The molecule has 2 aromatic heterocycles. The number of hydrogen-bond acceptors (Lipinski definition) is 10. The van der Waals surface area contributed by atoms with Gasteiger partial charge in [0.2, 0.25) is 11.8 Å². The molecule has 13 heteroatoms. The Hall–Kier alpha value is -4.40. The third kappa shape index (κ3) is 9.37. The van der Waals surface area contributed by atoms with Crippen LogP contribution in [0, 0.1) is 46.3 Å². The van der Waals surface area contributed by atoms with Crippen LogP contribution < -0.4 is 27.6 Å². The summed E-state index contributed by atoms with van der Waals surface area (Å²) in [5.41, 5.74) is 6.08. The molecule has 0 radical (unpaired) electrons. The number of aliphatic hydroxyl groups excluding tert-OH is 4. The molecule has 0 spiro atoms. The van der Waals surface area contributed by atoms with Crippen molar-refractivity contribution in [3.8, 4) is 0 Å². The van der Waals surface area contributed by atoms with Gasteiger partial charge in [0.05, 0.1) is 50.2 Å². The smallest absolute Gasteiger partial charge is 0.343 e. The standard InChI is InChI=1S/C24H30N2O4.C21H23NO3.C3H9NO2/c27-13-18(14-28)26-5-4-19-20(23(26)30)2-1-3-21(19)25-22(29)12-24-9-15-6-16(10-24)8-17(7-15)11-24;23-19(12-21-9-13-6-14(10-21)8-15(7-13)11-21)22-18-3-1-2-17-16(18)4-5-25-20(17)24;4-3(1-5)2-6/h1-5,15-18,27-28H,6-14H2,(H,25,29);1-5,13-15H,6-12H2,(H,22,23);3,5-6H,1-2,4H2. The van der Waals surface area contributed by atoms with Gasteiger partial charge in [-0.2, -0.15) is 0 Å². The largest absolute Gasteiger partial charge is 0.431 e. The van der Waals surface area contributed by atoms with Crippen LogP contribution in [0.2, 0.25) is 0 Å². The molecule has 0 saturated heterocycles.